The summed E-state index contributed by atoms with van der Waals surface area (Å²) in [6.07, 6.45) is -1.72. The number of ether oxygens (including phenoxy) is 1. The normalized spacial score (nSPS) is 36.2. The predicted molar refractivity (Wildman–Crippen MR) is 44.9 cm³/mol. The van der Waals surface area contributed by atoms with E-state index in [-0.39, 0.29) is 12.7 Å². The molecule has 0 aliphatic carbocycles. The fourth-order valence-electron chi connectivity index (χ4n) is 1.20. The van der Waals surface area contributed by atoms with E-state index in [1.165, 1.54) is 0 Å². The zero-order chi connectivity index (χ0) is 9.14. The maximum atomic E-state index is 9.36. The summed E-state index contributed by atoms with van der Waals surface area (Å²) >= 11 is 0. The molecule has 0 aromatic carbocycles. The molecule has 4 heteroatoms. The lowest BCUT2D eigenvalue weighted by atomic mass is 10.1. The van der Waals surface area contributed by atoms with Gasteiger partial charge in [-0.3, -0.25) is 0 Å². The van der Waals surface area contributed by atoms with Gasteiger partial charge in [-0.2, -0.15) is 0 Å². The van der Waals surface area contributed by atoms with Gasteiger partial charge < -0.3 is 20.3 Å². The second kappa shape index (κ2) is 4.18. The quantitative estimate of drug-likeness (QED) is 0.520. The summed E-state index contributed by atoms with van der Waals surface area (Å²) in [5, 5.41) is 21.6. The fourth-order valence-corrected chi connectivity index (χ4v) is 1.20. The Bertz CT molecular complexity index is 140. The van der Waals surface area contributed by atoms with E-state index in [0.29, 0.717) is 12.6 Å². The molecule has 0 aromatic heterocycles. The highest BCUT2D eigenvalue weighted by Gasteiger charge is 2.33. The molecule has 0 saturated carbocycles. The van der Waals surface area contributed by atoms with Gasteiger partial charge in [0.05, 0.1) is 12.7 Å². The Balaban J connectivity index is 2.24. The van der Waals surface area contributed by atoms with Crippen LogP contribution >= 0.6 is 0 Å². The Kier molecular flexibility index (Phi) is 3.46. The molecule has 0 bridgehead atoms. The van der Waals surface area contributed by atoms with Gasteiger partial charge in [-0.05, 0) is 0 Å². The Morgan fingerprint density at radius 3 is 2.58 bits per heavy atom. The minimum atomic E-state index is -0.740. The summed E-state index contributed by atoms with van der Waals surface area (Å²) in [6.45, 7) is 4.89. The molecule has 12 heavy (non-hydrogen) atoms. The summed E-state index contributed by atoms with van der Waals surface area (Å²) in [5.41, 5.74) is 0. The van der Waals surface area contributed by atoms with Crippen molar-refractivity contribution in [2.75, 3.05) is 13.2 Å². The highest BCUT2D eigenvalue weighted by molar-refractivity contribution is 4.84. The van der Waals surface area contributed by atoms with E-state index in [9.17, 15) is 5.11 Å². The van der Waals surface area contributed by atoms with Crippen molar-refractivity contribution in [3.8, 4) is 0 Å². The minimum absolute atomic E-state index is 0.242. The van der Waals surface area contributed by atoms with E-state index in [0.717, 1.165) is 0 Å². The molecular weight excluding hydrogens is 158 g/mol. The van der Waals surface area contributed by atoms with Crippen molar-refractivity contribution in [3.05, 3.63) is 0 Å². The first-order valence-electron chi connectivity index (χ1n) is 4.32. The molecular formula is C8H17NO3. The van der Waals surface area contributed by atoms with Crippen molar-refractivity contribution in [1.29, 1.82) is 0 Å². The molecule has 1 aliphatic rings. The second-order valence-corrected chi connectivity index (χ2v) is 3.49. The Morgan fingerprint density at radius 2 is 2.17 bits per heavy atom. The van der Waals surface area contributed by atoms with Crippen LogP contribution in [-0.2, 0) is 4.74 Å². The van der Waals surface area contributed by atoms with E-state index in [1.54, 1.807) is 0 Å². The number of hydrogen-bond acceptors (Lipinski definition) is 4. The fraction of sp³-hybridized carbons (Fsp3) is 1.00. The molecule has 0 aromatic rings. The van der Waals surface area contributed by atoms with Gasteiger partial charge in [0.25, 0.3) is 0 Å². The van der Waals surface area contributed by atoms with Crippen LogP contribution in [0.25, 0.3) is 0 Å². The van der Waals surface area contributed by atoms with Crippen LogP contribution in [-0.4, -0.2) is 47.7 Å². The number of rotatable bonds is 3. The molecule has 0 amide bonds. The minimum Gasteiger partial charge on any atom is -0.388 e. The van der Waals surface area contributed by atoms with E-state index in [1.807, 2.05) is 13.8 Å². The van der Waals surface area contributed by atoms with Gasteiger partial charge in [0.15, 0.2) is 0 Å². The van der Waals surface area contributed by atoms with Crippen molar-refractivity contribution in [3.63, 3.8) is 0 Å². The molecule has 3 atom stereocenters. The number of hydrogen-bond donors (Lipinski definition) is 3. The van der Waals surface area contributed by atoms with Crippen LogP contribution < -0.4 is 5.32 Å². The molecule has 4 nitrogen and oxygen atoms in total. The molecule has 0 spiro atoms. The topological polar surface area (TPSA) is 61.7 Å². The maximum absolute atomic E-state index is 9.36. The zero-order valence-corrected chi connectivity index (χ0v) is 7.53. The molecule has 0 radical (unpaired) electrons. The van der Waals surface area contributed by atoms with Gasteiger partial charge in [0, 0.05) is 12.6 Å². The van der Waals surface area contributed by atoms with Crippen LogP contribution in [0.1, 0.15) is 13.8 Å². The Hall–Kier alpha value is -0.160. The van der Waals surface area contributed by atoms with Gasteiger partial charge in [0.2, 0.25) is 0 Å². The van der Waals surface area contributed by atoms with E-state index < -0.39 is 12.2 Å². The largest absolute Gasteiger partial charge is 0.388 e. The Labute approximate surface area is 72.5 Å². The van der Waals surface area contributed by atoms with Crippen molar-refractivity contribution in [2.45, 2.75) is 38.2 Å². The third-order valence-electron chi connectivity index (χ3n) is 1.98. The standard InChI is InChI=1S/C8H17NO3/c1-5(2)9-3-7-8(11)6(10)4-12-7/h5-11H,3-4H2,1-2H3. The lowest BCUT2D eigenvalue weighted by Gasteiger charge is -2.16. The first-order chi connectivity index (χ1) is 5.61. The molecule has 3 unspecified atom stereocenters. The lowest BCUT2D eigenvalue weighted by Crippen LogP contribution is -2.39. The average Bonchev–Trinajstić information content (AvgIpc) is 2.30. The second-order valence-electron chi connectivity index (χ2n) is 3.49. The summed E-state index contributed by atoms with van der Waals surface area (Å²) in [7, 11) is 0. The SMILES string of the molecule is CC(C)NCC1OCC(O)C1O. The molecule has 3 N–H and O–H groups in total. The van der Waals surface area contributed by atoms with E-state index in [4.69, 9.17) is 9.84 Å². The summed E-state index contributed by atoms with van der Waals surface area (Å²) < 4.78 is 5.17. The smallest absolute Gasteiger partial charge is 0.109 e. The molecule has 1 aliphatic heterocycles. The Morgan fingerprint density at radius 1 is 1.50 bits per heavy atom. The van der Waals surface area contributed by atoms with Gasteiger partial charge in [0.1, 0.15) is 12.2 Å². The predicted octanol–water partition coefficient (Wildman–Crippen LogP) is -0.895. The van der Waals surface area contributed by atoms with Crippen LogP contribution in [0, 0.1) is 0 Å². The average molecular weight is 175 g/mol. The summed E-state index contributed by atoms with van der Waals surface area (Å²) in [6, 6.07) is 0.374. The molecule has 1 rings (SSSR count). The van der Waals surface area contributed by atoms with Crippen LogP contribution in [0.2, 0.25) is 0 Å². The van der Waals surface area contributed by atoms with Crippen LogP contribution in [0.4, 0.5) is 0 Å². The third-order valence-corrected chi connectivity index (χ3v) is 1.98. The van der Waals surface area contributed by atoms with Crippen LogP contribution in [0.5, 0.6) is 0 Å². The van der Waals surface area contributed by atoms with Crippen molar-refractivity contribution in [1.82, 2.24) is 5.32 Å². The van der Waals surface area contributed by atoms with Crippen LogP contribution in [0.15, 0.2) is 0 Å². The molecule has 1 heterocycles. The first kappa shape index (κ1) is 9.92. The molecule has 1 fully saturated rings. The molecule has 72 valence electrons. The van der Waals surface area contributed by atoms with Gasteiger partial charge in [-0.15, -0.1) is 0 Å². The van der Waals surface area contributed by atoms with E-state index >= 15 is 0 Å². The highest BCUT2D eigenvalue weighted by atomic mass is 16.5. The molecule has 1 saturated heterocycles. The maximum Gasteiger partial charge on any atom is 0.109 e. The van der Waals surface area contributed by atoms with Crippen molar-refractivity contribution < 1.29 is 14.9 Å². The van der Waals surface area contributed by atoms with Crippen molar-refractivity contribution in [2.24, 2.45) is 0 Å². The van der Waals surface area contributed by atoms with E-state index in [2.05, 4.69) is 5.32 Å². The van der Waals surface area contributed by atoms with Crippen LogP contribution in [0.3, 0.4) is 0 Å². The highest BCUT2D eigenvalue weighted by Crippen LogP contribution is 2.13. The number of nitrogens with one attached hydrogen (secondary N) is 1. The summed E-state index contributed by atoms with van der Waals surface area (Å²) in [4.78, 5) is 0. The zero-order valence-electron chi connectivity index (χ0n) is 7.53. The van der Waals surface area contributed by atoms with Gasteiger partial charge in [-0.1, -0.05) is 13.8 Å². The lowest BCUT2D eigenvalue weighted by molar-refractivity contribution is 0.0230. The third kappa shape index (κ3) is 2.42. The summed E-state index contributed by atoms with van der Waals surface area (Å²) in [5.74, 6) is 0. The van der Waals surface area contributed by atoms with Gasteiger partial charge >= 0.3 is 0 Å². The number of aliphatic hydroxyl groups excluding tert-OH is 2. The number of aliphatic hydroxyl groups is 2. The monoisotopic (exact) mass is 175 g/mol. The van der Waals surface area contributed by atoms with Gasteiger partial charge in [-0.25, -0.2) is 0 Å². The van der Waals surface area contributed by atoms with Crippen molar-refractivity contribution >= 4 is 0 Å². The first-order valence-corrected chi connectivity index (χ1v) is 4.32.